The Kier molecular flexibility index (Phi) is 4.13. The molecule has 1 amide bonds. The molecule has 1 aliphatic heterocycles. The first-order chi connectivity index (χ1) is 7.95. The lowest BCUT2D eigenvalue weighted by Gasteiger charge is -2.39. The molecular weight excluding hydrogens is 252 g/mol. The van der Waals surface area contributed by atoms with Crippen molar-refractivity contribution in [3.8, 4) is 0 Å². The topological polar surface area (TPSA) is 66.5 Å². The fourth-order valence-corrected chi connectivity index (χ4v) is 2.77. The zero-order valence-electron chi connectivity index (χ0n) is 11.9. The summed E-state index contributed by atoms with van der Waals surface area (Å²) in [6.07, 6.45) is 0. The highest BCUT2D eigenvalue weighted by molar-refractivity contribution is 7.93. The van der Waals surface area contributed by atoms with Gasteiger partial charge in [-0.1, -0.05) is 0 Å². The molecule has 106 valence electrons. The van der Waals surface area contributed by atoms with E-state index in [9.17, 15) is 13.2 Å². The van der Waals surface area contributed by atoms with Gasteiger partial charge in [0.25, 0.3) is 0 Å². The van der Waals surface area contributed by atoms with Crippen LogP contribution in [0.1, 0.15) is 34.6 Å². The van der Waals surface area contributed by atoms with Crippen molar-refractivity contribution >= 4 is 15.7 Å². The molecule has 0 aromatic rings. The maximum Gasteiger partial charge on any atom is 0.237 e. The van der Waals surface area contributed by atoms with Crippen LogP contribution in [-0.4, -0.2) is 54.9 Å². The van der Waals surface area contributed by atoms with Gasteiger partial charge in [-0.05, 0) is 34.6 Å². The predicted molar refractivity (Wildman–Crippen MR) is 72.2 cm³/mol. The van der Waals surface area contributed by atoms with Gasteiger partial charge < -0.3 is 10.2 Å². The van der Waals surface area contributed by atoms with E-state index < -0.39 is 20.3 Å². The Morgan fingerprint density at radius 3 is 2.33 bits per heavy atom. The molecule has 0 radical (unpaired) electrons. The van der Waals surface area contributed by atoms with Gasteiger partial charge in [-0.2, -0.15) is 0 Å². The lowest BCUT2D eigenvalue weighted by Crippen LogP contribution is -2.59. The number of hydrogen-bond donors (Lipinski definition) is 1. The van der Waals surface area contributed by atoms with Crippen LogP contribution in [0.25, 0.3) is 0 Å². The SMILES string of the molecule is CC1(C)CN(C(=O)CS(=O)(=O)C(C)(C)C)CCN1. The van der Waals surface area contributed by atoms with Crippen molar-refractivity contribution in [1.29, 1.82) is 0 Å². The number of rotatable bonds is 2. The average molecular weight is 276 g/mol. The van der Waals surface area contributed by atoms with Gasteiger partial charge in [-0.15, -0.1) is 0 Å². The number of piperazine rings is 1. The van der Waals surface area contributed by atoms with Crippen molar-refractivity contribution in [2.75, 3.05) is 25.4 Å². The number of nitrogens with one attached hydrogen (secondary N) is 1. The number of nitrogens with zero attached hydrogens (tertiary/aromatic N) is 1. The van der Waals surface area contributed by atoms with Gasteiger partial charge in [0.15, 0.2) is 9.84 Å². The van der Waals surface area contributed by atoms with Gasteiger partial charge in [-0.25, -0.2) is 8.42 Å². The van der Waals surface area contributed by atoms with E-state index in [1.807, 2.05) is 13.8 Å². The molecule has 0 spiro atoms. The number of carbonyl (C=O) groups excluding carboxylic acids is 1. The van der Waals surface area contributed by atoms with Crippen molar-refractivity contribution in [2.45, 2.75) is 44.9 Å². The second-order valence-electron chi connectivity index (χ2n) is 6.50. The molecule has 0 aromatic heterocycles. The lowest BCUT2D eigenvalue weighted by atomic mass is 10.0. The van der Waals surface area contributed by atoms with Crippen LogP contribution in [0.15, 0.2) is 0 Å². The summed E-state index contributed by atoms with van der Waals surface area (Å²) in [5, 5.41) is 3.29. The monoisotopic (exact) mass is 276 g/mol. The van der Waals surface area contributed by atoms with Crippen LogP contribution < -0.4 is 5.32 Å². The van der Waals surface area contributed by atoms with Crippen molar-refractivity contribution in [3.05, 3.63) is 0 Å². The summed E-state index contributed by atoms with van der Waals surface area (Å²) < 4.78 is 23.1. The third-order valence-corrected chi connectivity index (χ3v) is 5.66. The molecule has 0 aliphatic carbocycles. The fourth-order valence-electron chi connectivity index (χ4n) is 1.82. The van der Waals surface area contributed by atoms with Gasteiger partial charge >= 0.3 is 0 Å². The molecule has 6 heteroatoms. The molecule has 18 heavy (non-hydrogen) atoms. The first-order valence-electron chi connectivity index (χ1n) is 6.20. The Labute approximate surface area is 110 Å². The van der Waals surface area contributed by atoms with E-state index in [0.717, 1.165) is 0 Å². The molecule has 0 bridgehead atoms. The summed E-state index contributed by atoms with van der Waals surface area (Å²) in [4.78, 5) is 13.7. The van der Waals surface area contributed by atoms with Crippen molar-refractivity contribution < 1.29 is 13.2 Å². The second-order valence-corrected chi connectivity index (χ2v) is 9.24. The molecule has 1 fully saturated rings. The average Bonchev–Trinajstić information content (AvgIpc) is 2.13. The smallest absolute Gasteiger partial charge is 0.237 e. The lowest BCUT2D eigenvalue weighted by molar-refractivity contribution is -0.130. The van der Waals surface area contributed by atoms with Gasteiger partial charge in [0.05, 0.1) is 4.75 Å². The number of sulfone groups is 1. The maximum atomic E-state index is 12.1. The first-order valence-corrected chi connectivity index (χ1v) is 7.85. The molecule has 1 aliphatic rings. The maximum absolute atomic E-state index is 12.1. The summed E-state index contributed by atoms with van der Waals surface area (Å²) in [5.74, 6) is -0.688. The molecule has 0 aromatic carbocycles. The van der Waals surface area contributed by atoms with Gasteiger partial charge in [0.2, 0.25) is 5.91 Å². The van der Waals surface area contributed by atoms with Gasteiger partial charge in [0.1, 0.15) is 5.75 Å². The van der Waals surface area contributed by atoms with E-state index in [-0.39, 0.29) is 11.4 Å². The summed E-state index contributed by atoms with van der Waals surface area (Å²) in [6.45, 7) is 10.7. The number of hydrogen-bond acceptors (Lipinski definition) is 4. The molecule has 0 atom stereocenters. The molecular formula is C12H24N2O3S. The zero-order valence-corrected chi connectivity index (χ0v) is 12.7. The molecule has 1 N–H and O–H groups in total. The summed E-state index contributed by atoms with van der Waals surface area (Å²) in [6, 6.07) is 0. The van der Waals surface area contributed by atoms with Gasteiger partial charge in [-0.3, -0.25) is 4.79 Å². The van der Waals surface area contributed by atoms with Crippen molar-refractivity contribution in [3.63, 3.8) is 0 Å². The number of carbonyl (C=O) groups is 1. The number of amides is 1. The molecule has 1 heterocycles. The highest BCUT2D eigenvalue weighted by Gasteiger charge is 2.35. The molecule has 5 nitrogen and oxygen atoms in total. The Balaban J connectivity index is 2.73. The minimum atomic E-state index is -3.40. The van der Waals surface area contributed by atoms with Crippen LogP contribution in [0.5, 0.6) is 0 Å². The normalized spacial score (nSPS) is 20.8. The van der Waals surface area contributed by atoms with E-state index in [1.165, 1.54) is 0 Å². The minimum absolute atomic E-state index is 0.153. The fraction of sp³-hybridized carbons (Fsp3) is 0.917. The summed E-state index contributed by atoms with van der Waals surface area (Å²) in [5.41, 5.74) is -0.153. The van der Waals surface area contributed by atoms with E-state index >= 15 is 0 Å². The van der Waals surface area contributed by atoms with Crippen LogP contribution in [0.4, 0.5) is 0 Å². The highest BCUT2D eigenvalue weighted by Crippen LogP contribution is 2.17. The van der Waals surface area contributed by atoms with Crippen LogP contribution in [-0.2, 0) is 14.6 Å². The van der Waals surface area contributed by atoms with Crippen LogP contribution in [0.3, 0.4) is 0 Å². The second kappa shape index (κ2) is 4.81. The third kappa shape index (κ3) is 3.68. The van der Waals surface area contributed by atoms with E-state index in [0.29, 0.717) is 19.6 Å². The summed E-state index contributed by atoms with van der Waals surface area (Å²) in [7, 11) is -3.40. The zero-order chi connectivity index (χ0) is 14.2. The summed E-state index contributed by atoms with van der Waals surface area (Å²) >= 11 is 0. The molecule has 1 saturated heterocycles. The third-order valence-electron chi connectivity index (χ3n) is 3.17. The van der Waals surface area contributed by atoms with E-state index in [4.69, 9.17) is 0 Å². The van der Waals surface area contributed by atoms with Gasteiger partial charge in [0, 0.05) is 25.2 Å². The quantitative estimate of drug-likeness (QED) is 0.793. The highest BCUT2D eigenvalue weighted by atomic mass is 32.2. The standard InChI is InChI=1S/C12H24N2O3S/c1-11(2,3)18(16,17)8-10(15)14-7-6-13-12(4,5)9-14/h13H,6-9H2,1-5H3. The Morgan fingerprint density at radius 2 is 1.89 bits per heavy atom. The first kappa shape index (κ1) is 15.4. The largest absolute Gasteiger partial charge is 0.339 e. The molecule has 1 rings (SSSR count). The van der Waals surface area contributed by atoms with Crippen LogP contribution in [0.2, 0.25) is 0 Å². The van der Waals surface area contributed by atoms with Crippen LogP contribution >= 0.6 is 0 Å². The van der Waals surface area contributed by atoms with E-state index in [1.54, 1.807) is 25.7 Å². The molecule has 0 unspecified atom stereocenters. The van der Waals surface area contributed by atoms with E-state index in [2.05, 4.69) is 5.32 Å². The Hall–Kier alpha value is -0.620. The predicted octanol–water partition coefficient (Wildman–Crippen LogP) is 0.410. The minimum Gasteiger partial charge on any atom is -0.339 e. The van der Waals surface area contributed by atoms with Crippen molar-refractivity contribution in [2.24, 2.45) is 0 Å². The Bertz CT molecular complexity index is 421. The molecule has 0 saturated carbocycles. The Morgan fingerprint density at radius 1 is 1.33 bits per heavy atom. The van der Waals surface area contributed by atoms with Crippen molar-refractivity contribution in [1.82, 2.24) is 10.2 Å². The van der Waals surface area contributed by atoms with Crippen LogP contribution in [0, 0.1) is 0 Å².